The van der Waals surface area contributed by atoms with Gasteiger partial charge in [-0.25, -0.2) is 0 Å². The zero-order valence-corrected chi connectivity index (χ0v) is 9.07. The molecule has 0 saturated carbocycles. The molecule has 3 nitrogen and oxygen atoms in total. The Kier molecular flexibility index (Phi) is 3.26. The van der Waals surface area contributed by atoms with Gasteiger partial charge in [0, 0.05) is 25.7 Å². The number of ether oxygens (including phenoxy) is 1. The summed E-state index contributed by atoms with van der Waals surface area (Å²) in [7, 11) is 0. The van der Waals surface area contributed by atoms with Crippen LogP contribution in [0.25, 0.3) is 0 Å². The molecule has 0 aromatic heterocycles. The molecule has 0 amide bonds. The zero-order chi connectivity index (χ0) is 12.5. The van der Waals surface area contributed by atoms with Crippen LogP contribution in [0.3, 0.4) is 0 Å². The third-order valence-corrected chi connectivity index (χ3v) is 2.55. The number of hydrogen-bond donors (Lipinski definition) is 1. The van der Waals surface area contributed by atoms with Crippen LogP contribution in [-0.2, 0) is 6.54 Å². The minimum Gasteiger partial charge on any atom is -0.406 e. The number of benzene rings is 1. The average Bonchev–Trinajstić information content (AvgIpc) is 2.16. The van der Waals surface area contributed by atoms with Gasteiger partial charge in [0.15, 0.2) is 0 Å². The molecule has 0 unspecified atom stereocenters. The Labute approximate surface area is 97.0 Å². The summed E-state index contributed by atoms with van der Waals surface area (Å²) in [6.07, 6.45) is -4.63. The molecule has 1 aliphatic heterocycles. The van der Waals surface area contributed by atoms with Crippen molar-refractivity contribution in [2.45, 2.75) is 18.9 Å². The highest BCUT2D eigenvalue weighted by molar-refractivity contribution is 5.27. The van der Waals surface area contributed by atoms with Crippen LogP contribution >= 0.6 is 0 Å². The first-order valence-corrected chi connectivity index (χ1v) is 5.25. The van der Waals surface area contributed by atoms with Crippen LogP contribution in [0.5, 0.6) is 5.75 Å². The van der Waals surface area contributed by atoms with E-state index < -0.39 is 6.36 Å². The largest absolute Gasteiger partial charge is 0.573 e. The molecular weight excluding hydrogens is 233 g/mol. The molecule has 2 rings (SSSR count). The smallest absolute Gasteiger partial charge is 0.406 e. The second-order valence-electron chi connectivity index (χ2n) is 4.15. The highest BCUT2D eigenvalue weighted by Gasteiger charge is 2.31. The Morgan fingerprint density at radius 2 is 1.82 bits per heavy atom. The van der Waals surface area contributed by atoms with Crippen LogP contribution in [-0.4, -0.2) is 30.4 Å². The molecule has 6 heteroatoms. The molecule has 1 heterocycles. The second kappa shape index (κ2) is 4.54. The first kappa shape index (κ1) is 12.2. The van der Waals surface area contributed by atoms with E-state index in [1.54, 1.807) is 12.1 Å². The number of likely N-dealkylation sites (tertiary alicyclic amines) is 1. The van der Waals surface area contributed by atoms with Crippen molar-refractivity contribution >= 4 is 0 Å². The molecule has 94 valence electrons. The van der Waals surface area contributed by atoms with Crippen LogP contribution in [0.15, 0.2) is 24.3 Å². The molecule has 1 aliphatic rings. The van der Waals surface area contributed by atoms with Crippen LogP contribution < -0.4 is 10.5 Å². The number of alkyl halides is 3. The van der Waals surface area contributed by atoms with Crippen molar-refractivity contribution in [3.8, 4) is 5.75 Å². The summed E-state index contributed by atoms with van der Waals surface area (Å²) in [5, 5.41) is 0. The molecule has 2 N–H and O–H groups in total. The fourth-order valence-electron chi connectivity index (χ4n) is 1.79. The highest BCUT2D eigenvalue weighted by atomic mass is 19.4. The van der Waals surface area contributed by atoms with Crippen LogP contribution in [0.4, 0.5) is 13.2 Å². The normalized spacial score (nSPS) is 17.9. The Bertz CT molecular complexity index is 371. The molecule has 0 spiro atoms. The van der Waals surface area contributed by atoms with Gasteiger partial charge in [0.1, 0.15) is 5.75 Å². The number of halogens is 3. The maximum absolute atomic E-state index is 11.9. The zero-order valence-electron chi connectivity index (χ0n) is 9.07. The number of nitrogens with zero attached hydrogens (tertiary/aromatic N) is 1. The van der Waals surface area contributed by atoms with Crippen molar-refractivity contribution in [2.75, 3.05) is 13.1 Å². The molecule has 17 heavy (non-hydrogen) atoms. The minimum atomic E-state index is -4.63. The predicted octanol–water partition coefficient (Wildman–Crippen LogP) is 1.73. The van der Waals surface area contributed by atoms with Gasteiger partial charge in [-0.1, -0.05) is 12.1 Å². The summed E-state index contributed by atoms with van der Waals surface area (Å²) in [5.41, 5.74) is 6.58. The summed E-state index contributed by atoms with van der Waals surface area (Å²) in [6.45, 7) is 2.38. The van der Waals surface area contributed by atoms with E-state index in [-0.39, 0.29) is 11.8 Å². The highest BCUT2D eigenvalue weighted by Crippen LogP contribution is 2.23. The molecule has 0 bridgehead atoms. The molecular formula is C11H13F3N2O. The van der Waals surface area contributed by atoms with Gasteiger partial charge in [-0.15, -0.1) is 13.2 Å². The summed E-state index contributed by atoms with van der Waals surface area (Å²) in [4.78, 5) is 2.13. The molecule has 0 radical (unpaired) electrons. The van der Waals surface area contributed by atoms with E-state index in [1.165, 1.54) is 12.1 Å². The lowest BCUT2D eigenvalue weighted by Crippen LogP contribution is -2.54. The SMILES string of the molecule is NC1CN(Cc2ccc(OC(F)(F)F)cc2)C1. The maximum Gasteiger partial charge on any atom is 0.573 e. The monoisotopic (exact) mass is 246 g/mol. The van der Waals surface area contributed by atoms with E-state index >= 15 is 0 Å². The molecule has 1 fully saturated rings. The maximum atomic E-state index is 11.9. The summed E-state index contributed by atoms with van der Waals surface area (Å²) >= 11 is 0. The third-order valence-electron chi connectivity index (χ3n) is 2.55. The van der Waals surface area contributed by atoms with Crippen LogP contribution in [0.1, 0.15) is 5.56 Å². The summed E-state index contributed by atoms with van der Waals surface area (Å²) in [5.74, 6) is -0.193. The first-order valence-electron chi connectivity index (χ1n) is 5.25. The second-order valence-corrected chi connectivity index (χ2v) is 4.15. The Morgan fingerprint density at radius 3 is 2.29 bits per heavy atom. The fraction of sp³-hybridized carbons (Fsp3) is 0.455. The molecule has 1 saturated heterocycles. The standard InChI is InChI=1S/C11H13F3N2O/c12-11(13,14)17-10-3-1-8(2-4-10)5-16-6-9(15)7-16/h1-4,9H,5-7,15H2. The van der Waals surface area contributed by atoms with Gasteiger partial charge >= 0.3 is 6.36 Å². The van der Waals surface area contributed by atoms with Crippen molar-refractivity contribution in [1.82, 2.24) is 4.90 Å². The van der Waals surface area contributed by atoms with Crippen molar-refractivity contribution in [3.05, 3.63) is 29.8 Å². The van der Waals surface area contributed by atoms with Crippen molar-refractivity contribution in [1.29, 1.82) is 0 Å². The van der Waals surface area contributed by atoms with Crippen molar-refractivity contribution < 1.29 is 17.9 Å². The average molecular weight is 246 g/mol. The van der Waals surface area contributed by atoms with Gasteiger partial charge in [0.2, 0.25) is 0 Å². The summed E-state index contributed by atoms with van der Waals surface area (Å²) in [6, 6.07) is 6.13. The Morgan fingerprint density at radius 1 is 1.24 bits per heavy atom. The first-order chi connectivity index (χ1) is 7.92. The van der Waals surface area contributed by atoms with Gasteiger partial charge in [0.25, 0.3) is 0 Å². The summed E-state index contributed by atoms with van der Waals surface area (Å²) < 4.78 is 39.5. The quantitative estimate of drug-likeness (QED) is 0.882. The predicted molar refractivity (Wildman–Crippen MR) is 56.4 cm³/mol. The molecule has 1 aromatic carbocycles. The van der Waals surface area contributed by atoms with E-state index in [0.717, 1.165) is 18.7 Å². The van der Waals surface area contributed by atoms with E-state index in [0.29, 0.717) is 6.54 Å². The lowest BCUT2D eigenvalue weighted by Gasteiger charge is -2.36. The molecule has 0 aliphatic carbocycles. The van der Waals surface area contributed by atoms with Gasteiger partial charge in [-0.05, 0) is 17.7 Å². The van der Waals surface area contributed by atoms with Crippen molar-refractivity contribution in [3.63, 3.8) is 0 Å². The van der Waals surface area contributed by atoms with Gasteiger partial charge in [0.05, 0.1) is 0 Å². The number of hydrogen-bond acceptors (Lipinski definition) is 3. The molecule has 0 atom stereocenters. The van der Waals surface area contributed by atoms with E-state index in [2.05, 4.69) is 9.64 Å². The van der Waals surface area contributed by atoms with Gasteiger partial charge in [-0.2, -0.15) is 0 Å². The third kappa shape index (κ3) is 3.61. The minimum absolute atomic E-state index is 0.193. The lowest BCUT2D eigenvalue weighted by atomic mass is 10.1. The topological polar surface area (TPSA) is 38.5 Å². The molecule has 1 aromatic rings. The Balaban J connectivity index is 1.89. The fourth-order valence-corrected chi connectivity index (χ4v) is 1.79. The van der Waals surface area contributed by atoms with Gasteiger partial charge in [-0.3, -0.25) is 4.90 Å². The van der Waals surface area contributed by atoms with E-state index in [9.17, 15) is 13.2 Å². The Hall–Kier alpha value is -1.27. The van der Waals surface area contributed by atoms with Crippen molar-refractivity contribution in [2.24, 2.45) is 5.73 Å². The van der Waals surface area contributed by atoms with Crippen LogP contribution in [0.2, 0.25) is 0 Å². The van der Waals surface area contributed by atoms with Gasteiger partial charge < -0.3 is 10.5 Å². The number of nitrogens with two attached hydrogens (primary N) is 1. The van der Waals surface area contributed by atoms with Crippen LogP contribution in [0, 0.1) is 0 Å². The lowest BCUT2D eigenvalue weighted by molar-refractivity contribution is -0.274. The van der Waals surface area contributed by atoms with E-state index in [4.69, 9.17) is 5.73 Å². The van der Waals surface area contributed by atoms with E-state index in [1.807, 2.05) is 0 Å². The number of rotatable bonds is 3.